The SMILES string of the molecule is COc1ccc2ncc(Cl)c(C(C)CN3CCOC(CNCCC(C)c4ccccc4)C3)c2c1. The molecule has 1 aliphatic heterocycles. The van der Waals surface area contributed by atoms with Gasteiger partial charge in [-0.1, -0.05) is 55.8 Å². The molecule has 0 spiro atoms. The fraction of sp³-hybridized carbons (Fsp3) is 0.464. The van der Waals surface area contributed by atoms with E-state index in [2.05, 4.69) is 59.4 Å². The largest absolute Gasteiger partial charge is 0.497 e. The van der Waals surface area contributed by atoms with Crippen LogP contribution in [-0.2, 0) is 4.74 Å². The first-order valence-corrected chi connectivity index (χ1v) is 12.6. The zero-order valence-electron chi connectivity index (χ0n) is 20.5. The highest BCUT2D eigenvalue weighted by Gasteiger charge is 2.24. The van der Waals surface area contributed by atoms with Gasteiger partial charge in [0.1, 0.15) is 5.75 Å². The summed E-state index contributed by atoms with van der Waals surface area (Å²) in [5.74, 6) is 1.64. The quantitative estimate of drug-likeness (QED) is 0.388. The fourth-order valence-corrected chi connectivity index (χ4v) is 5.21. The van der Waals surface area contributed by atoms with Crippen LogP contribution in [0.5, 0.6) is 5.75 Å². The molecule has 182 valence electrons. The van der Waals surface area contributed by atoms with Crippen LogP contribution in [-0.4, -0.2) is 62.4 Å². The van der Waals surface area contributed by atoms with Crippen LogP contribution < -0.4 is 10.1 Å². The number of morpholine rings is 1. The van der Waals surface area contributed by atoms with E-state index >= 15 is 0 Å². The molecule has 0 bridgehead atoms. The van der Waals surface area contributed by atoms with Gasteiger partial charge in [0.05, 0.1) is 30.4 Å². The minimum absolute atomic E-state index is 0.206. The standard InChI is InChI=1S/C28H36ClN3O2/c1-20(22-7-5-4-6-8-22)11-12-30-16-24-19-32(13-14-34-24)18-21(2)28-25-15-23(33-3)9-10-27(25)31-17-26(28)29/h4-10,15,17,20-21,24,30H,11-14,16,18-19H2,1-3H3. The van der Waals surface area contributed by atoms with E-state index in [1.54, 1.807) is 13.3 Å². The number of rotatable bonds is 10. The summed E-state index contributed by atoms with van der Waals surface area (Å²) in [4.78, 5) is 7.00. The molecular formula is C28H36ClN3O2. The molecule has 2 aromatic carbocycles. The molecule has 1 saturated heterocycles. The Bertz CT molecular complexity index is 1060. The Balaban J connectivity index is 1.30. The maximum absolute atomic E-state index is 6.64. The lowest BCUT2D eigenvalue weighted by Crippen LogP contribution is -2.47. The Morgan fingerprint density at radius 3 is 2.79 bits per heavy atom. The van der Waals surface area contributed by atoms with Crippen LogP contribution in [0.2, 0.25) is 5.02 Å². The minimum atomic E-state index is 0.206. The average molecular weight is 482 g/mol. The van der Waals surface area contributed by atoms with Gasteiger partial charge < -0.3 is 14.8 Å². The molecule has 0 aliphatic carbocycles. The van der Waals surface area contributed by atoms with Crippen molar-refractivity contribution in [3.05, 3.63) is 70.9 Å². The maximum atomic E-state index is 6.64. The number of ether oxygens (including phenoxy) is 2. The summed E-state index contributed by atoms with van der Waals surface area (Å²) in [6.07, 6.45) is 3.09. The van der Waals surface area contributed by atoms with Crippen molar-refractivity contribution < 1.29 is 9.47 Å². The van der Waals surface area contributed by atoms with Crippen molar-refractivity contribution in [3.8, 4) is 5.75 Å². The van der Waals surface area contributed by atoms with Crippen LogP contribution in [0.3, 0.4) is 0 Å². The van der Waals surface area contributed by atoms with E-state index in [0.717, 1.165) is 68.0 Å². The zero-order valence-corrected chi connectivity index (χ0v) is 21.2. The van der Waals surface area contributed by atoms with Gasteiger partial charge in [-0.25, -0.2) is 0 Å². The second-order valence-corrected chi connectivity index (χ2v) is 9.77. The van der Waals surface area contributed by atoms with Crippen molar-refractivity contribution >= 4 is 22.5 Å². The lowest BCUT2D eigenvalue weighted by Gasteiger charge is -2.35. The van der Waals surface area contributed by atoms with Crippen LogP contribution in [0.25, 0.3) is 10.9 Å². The molecule has 3 atom stereocenters. The van der Waals surface area contributed by atoms with Gasteiger partial charge in [-0.15, -0.1) is 0 Å². The Kier molecular flexibility index (Phi) is 8.79. The summed E-state index contributed by atoms with van der Waals surface area (Å²) < 4.78 is 11.5. The normalized spacial score (nSPS) is 18.6. The number of nitrogens with zero attached hydrogens (tertiary/aromatic N) is 2. The summed E-state index contributed by atoms with van der Waals surface area (Å²) in [5.41, 5.74) is 3.49. The van der Waals surface area contributed by atoms with E-state index in [1.807, 2.05) is 18.2 Å². The van der Waals surface area contributed by atoms with E-state index in [-0.39, 0.29) is 12.0 Å². The first-order valence-electron chi connectivity index (χ1n) is 12.3. The van der Waals surface area contributed by atoms with Gasteiger partial charge in [-0.3, -0.25) is 9.88 Å². The van der Waals surface area contributed by atoms with E-state index in [4.69, 9.17) is 21.1 Å². The van der Waals surface area contributed by atoms with E-state index in [1.165, 1.54) is 5.56 Å². The summed E-state index contributed by atoms with van der Waals surface area (Å²) >= 11 is 6.64. The molecule has 5 nitrogen and oxygen atoms in total. The monoisotopic (exact) mass is 481 g/mol. The van der Waals surface area contributed by atoms with Crippen molar-refractivity contribution in [1.82, 2.24) is 15.2 Å². The highest BCUT2D eigenvalue weighted by atomic mass is 35.5. The third-order valence-electron chi connectivity index (χ3n) is 6.81. The number of aromatic nitrogens is 1. The predicted octanol–water partition coefficient (Wildman–Crippen LogP) is 5.48. The van der Waals surface area contributed by atoms with Crippen LogP contribution in [0.15, 0.2) is 54.7 Å². The highest BCUT2D eigenvalue weighted by molar-refractivity contribution is 6.32. The summed E-state index contributed by atoms with van der Waals surface area (Å²) in [5, 5.41) is 5.40. The van der Waals surface area contributed by atoms with Crippen LogP contribution in [0.1, 0.15) is 43.2 Å². The number of halogens is 1. The van der Waals surface area contributed by atoms with E-state index in [0.29, 0.717) is 10.9 Å². The van der Waals surface area contributed by atoms with Gasteiger partial charge in [-0.2, -0.15) is 0 Å². The molecule has 0 radical (unpaired) electrons. The van der Waals surface area contributed by atoms with Crippen molar-refractivity contribution in [2.24, 2.45) is 0 Å². The number of fused-ring (bicyclic) bond motifs is 1. The number of nitrogens with one attached hydrogen (secondary N) is 1. The molecule has 1 N–H and O–H groups in total. The first kappa shape index (κ1) is 24.9. The van der Waals surface area contributed by atoms with Crippen molar-refractivity contribution in [3.63, 3.8) is 0 Å². The Hall–Kier alpha value is -2.18. The van der Waals surface area contributed by atoms with Crippen molar-refractivity contribution in [2.45, 2.75) is 38.2 Å². The number of pyridine rings is 1. The molecule has 1 aromatic heterocycles. The number of benzene rings is 2. The summed E-state index contributed by atoms with van der Waals surface area (Å²) in [7, 11) is 1.69. The van der Waals surface area contributed by atoms with Gasteiger partial charge >= 0.3 is 0 Å². The molecular weight excluding hydrogens is 446 g/mol. The summed E-state index contributed by atoms with van der Waals surface area (Å²) in [6.45, 7) is 9.97. The third kappa shape index (κ3) is 6.28. The van der Waals surface area contributed by atoms with Crippen LogP contribution >= 0.6 is 11.6 Å². The highest BCUT2D eigenvalue weighted by Crippen LogP contribution is 2.33. The van der Waals surface area contributed by atoms with E-state index < -0.39 is 0 Å². The van der Waals surface area contributed by atoms with Gasteiger partial charge in [0.15, 0.2) is 0 Å². The molecule has 0 saturated carbocycles. The first-order chi connectivity index (χ1) is 16.5. The second-order valence-electron chi connectivity index (χ2n) is 9.36. The van der Waals surface area contributed by atoms with Crippen molar-refractivity contribution in [2.75, 3.05) is 46.4 Å². The van der Waals surface area contributed by atoms with Gasteiger partial charge in [0.2, 0.25) is 0 Å². The number of hydrogen-bond acceptors (Lipinski definition) is 5. The molecule has 0 amide bonds. The molecule has 6 heteroatoms. The van der Waals surface area contributed by atoms with E-state index in [9.17, 15) is 0 Å². The molecule has 2 heterocycles. The Labute approximate surface area is 208 Å². The topological polar surface area (TPSA) is 46.6 Å². The van der Waals surface area contributed by atoms with Crippen LogP contribution in [0.4, 0.5) is 0 Å². The van der Waals surface area contributed by atoms with Gasteiger partial charge in [0, 0.05) is 37.8 Å². The molecule has 1 fully saturated rings. The smallest absolute Gasteiger partial charge is 0.119 e. The molecule has 1 aliphatic rings. The zero-order chi connectivity index (χ0) is 23.9. The molecule has 34 heavy (non-hydrogen) atoms. The molecule has 4 rings (SSSR count). The lowest BCUT2D eigenvalue weighted by molar-refractivity contribution is -0.0283. The second kappa shape index (κ2) is 12.0. The Morgan fingerprint density at radius 1 is 1.18 bits per heavy atom. The minimum Gasteiger partial charge on any atom is -0.497 e. The average Bonchev–Trinajstić information content (AvgIpc) is 2.86. The number of hydrogen-bond donors (Lipinski definition) is 1. The lowest BCUT2D eigenvalue weighted by atomic mass is 9.96. The van der Waals surface area contributed by atoms with Crippen LogP contribution in [0, 0.1) is 0 Å². The Morgan fingerprint density at radius 2 is 2.00 bits per heavy atom. The molecule has 3 unspecified atom stereocenters. The van der Waals surface area contributed by atoms with Gasteiger partial charge in [0.25, 0.3) is 0 Å². The predicted molar refractivity (Wildman–Crippen MR) is 140 cm³/mol. The fourth-order valence-electron chi connectivity index (χ4n) is 4.87. The summed E-state index contributed by atoms with van der Waals surface area (Å²) in [6, 6.07) is 16.7. The maximum Gasteiger partial charge on any atom is 0.119 e. The number of methoxy groups -OCH3 is 1. The molecule has 3 aromatic rings. The van der Waals surface area contributed by atoms with Crippen molar-refractivity contribution in [1.29, 1.82) is 0 Å². The van der Waals surface area contributed by atoms with Gasteiger partial charge in [-0.05, 0) is 54.1 Å². The third-order valence-corrected chi connectivity index (χ3v) is 7.11.